The van der Waals surface area contributed by atoms with Gasteiger partial charge in [-0.05, 0) is 38.5 Å². The van der Waals surface area contributed by atoms with Crippen molar-refractivity contribution in [2.24, 2.45) is 0 Å². The lowest BCUT2D eigenvalue weighted by Crippen LogP contribution is -2.18. The van der Waals surface area contributed by atoms with Crippen molar-refractivity contribution in [3.05, 3.63) is 0 Å². The maximum absolute atomic E-state index is 10.5. The largest absolute Gasteiger partial charge is 0.479 e. The van der Waals surface area contributed by atoms with Crippen molar-refractivity contribution < 1.29 is 25.2 Å². The van der Waals surface area contributed by atoms with Crippen LogP contribution in [0.15, 0.2) is 0 Å². The summed E-state index contributed by atoms with van der Waals surface area (Å²) in [6.45, 7) is 2.20. The zero-order valence-corrected chi connectivity index (χ0v) is 20.3. The average molecular weight is 445 g/mol. The number of aliphatic hydroxyl groups excluding tert-OH is 3. The molecule has 0 heterocycles. The van der Waals surface area contributed by atoms with Crippen LogP contribution < -0.4 is 0 Å². The van der Waals surface area contributed by atoms with E-state index in [0.717, 1.165) is 64.2 Å². The van der Waals surface area contributed by atoms with Crippen LogP contribution in [0.4, 0.5) is 0 Å². The molecule has 186 valence electrons. The Morgan fingerprint density at radius 3 is 1.23 bits per heavy atom. The first-order valence-corrected chi connectivity index (χ1v) is 13.2. The highest BCUT2D eigenvalue weighted by Gasteiger charge is 2.11. The van der Waals surface area contributed by atoms with Crippen LogP contribution in [0.5, 0.6) is 0 Å². The topological polar surface area (TPSA) is 98.0 Å². The van der Waals surface area contributed by atoms with E-state index in [4.69, 9.17) is 5.11 Å². The van der Waals surface area contributed by atoms with E-state index in [2.05, 4.69) is 6.92 Å². The van der Waals surface area contributed by atoms with Crippen LogP contribution in [0, 0.1) is 0 Å². The van der Waals surface area contributed by atoms with Gasteiger partial charge in [0.15, 0.2) is 6.10 Å². The Morgan fingerprint density at radius 1 is 0.516 bits per heavy atom. The van der Waals surface area contributed by atoms with Gasteiger partial charge in [0, 0.05) is 0 Å². The minimum absolute atomic E-state index is 0.186. The van der Waals surface area contributed by atoms with Crippen LogP contribution in [0.25, 0.3) is 0 Å². The summed E-state index contributed by atoms with van der Waals surface area (Å²) in [5.74, 6) is -1.11. The van der Waals surface area contributed by atoms with Gasteiger partial charge < -0.3 is 20.4 Å². The van der Waals surface area contributed by atoms with E-state index in [0.29, 0.717) is 6.42 Å². The summed E-state index contributed by atoms with van der Waals surface area (Å²) in [5.41, 5.74) is 0. The molecule has 0 fully saturated rings. The van der Waals surface area contributed by atoms with Gasteiger partial charge in [-0.15, -0.1) is 0 Å². The molecule has 0 spiro atoms. The highest BCUT2D eigenvalue weighted by Crippen LogP contribution is 2.16. The van der Waals surface area contributed by atoms with E-state index >= 15 is 0 Å². The standard InChI is InChI=1S/C26H52O5/c1-2-3-4-14-18-23(27)20-17-21-24(28)19-15-12-10-8-6-5-7-9-11-13-16-22-25(29)26(30)31/h23-25,27-29H,2-22H2,1H3,(H,30,31). The summed E-state index contributed by atoms with van der Waals surface area (Å²) in [5, 5.41) is 37.9. The van der Waals surface area contributed by atoms with Gasteiger partial charge in [-0.25, -0.2) is 4.79 Å². The molecule has 0 aliphatic carbocycles. The Morgan fingerprint density at radius 2 is 0.839 bits per heavy atom. The Hall–Kier alpha value is -0.650. The average Bonchev–Trinajstić information content (AvgIpc) is 2.74. The van der Waals surface area contributed by atoms with Gasteiger partial charge in [0.1, 0.15) is 0 Å². The number of carboxylic acid groups (broad SMARTS) is 1. The number of aliphatic carboxylic acids is 1. The molecule has 0 amide bonds. The molecule has 3 unspecified atom stereocenters. The van der Waals surface area contributed by atoms with Crippen LogP contribution in [-0.2, 0) is 4.79 Å². The van der Waals surface area contributed by atoms with Gasteiger partial charge >= 0.3 is 5.97 Å². The van der Waals surface area contributed by atoms with Crippen LogP contribution in [0.2, 0.25) is 0 Å². The van der Waals surface area contributed by atoms with Crippen molar-refractivity contribution in [2.75, 3.05) is 0 Å². The molecular formula is C26H52O5. The van der Waals surface area contributed by atoms with Gasteiger partial charge in [-0.3, -0.25) is 0 Å². The fourth-order valence-electron chi connectivity index (χ4n) is 4.12. The van der Waals surface area contributed by atoms with Crippen molar-refractivity contribution in [1.82, 2.24) is 0 Å². The maximum Gasteiger partial charge on any atom is 0.332 e. The zero-order chi connectivity index (χ0) is 23.2. The van der Waals surface area contributed by atoms with E-state index in [1.165, 1.54) is 64.2 Å². The molecule has 0 aliphatic rings. The van der Waals surface area contributed by atoms with Gasteiger partial charge in [0.25, 0.3) is 0 Å². The van der Waals surface area contributed by atoms with E-state index in [1.807, 2.05) is 0 Å². The number of rotatable bonds is 24. The first-order chi connectivity index (χ1) is 15.0. The van der Waals surface area contributed by atoms with E-state index in [9.17, 15) is 20.1 Å². The minimum Gasteiger partial charge on any atom is -0.479 e. The summed E-state index contributed by atoms with van der Waals surface area (Å²) in [6.07, 6.45) is 20.7. The zero-order valence-electron chi connectivity index (χ0n) is 20.3. The highest BCUT2D eigenvalue weighted by atomic mass is 16.4. The summed E-state index contributed by atoms with van der Waals surface area (Å²) in [7, 11) is 0. The summed E-state index contributed by atoms with van der Waals surface area (Å²) in [6, 6.07) is 0. The number of aliphatic hydroxyl groups is 3. The molecule has 4 N–H and O–H groups in total. The molecule has 0 bridgehead atoms. The second-order valence-corrected chi connectivity index (χ2v) is 9.41. The number of carboxylic acids is 1. The maximum atomic E-state index is 10.5. The fourth-order valence-corrected chi connectivity index (χ4v) is 4.12. The molecule has 5 heteroatoms. The third-order valence-corrected chi connectivity index (χ3v) is 6.27. The molecule has 0 saturated carbocycles. The van der Waals surface area contributed by atoms with Gasteiger partial charge in [0.05, 0.1) is 12.2 Å². The summed E-state index contributed by atoms with van der Waals surface area (Å²) < 4.78 is 0. The minimum atomic E-state index is -1.20. The molecule has 0 aromatic heterocycles. The van der Waals surface area contributed by atoms with Crippen molar-refractivity contribution in [2.45, 2.75) is 160 Å². The van der Waals surface area contributed by atoms with Gasteiger partial charge in [0.2, 0.25) is 0 Å². The molecule has 0 aliphatic heterocycles. The van der Waals surface area contributed by atoms with E-state index in [-0.39, 0.29) is 12.2 Å². The first kappa shape index (κ1) is 30.4. The number of hydrogen-bond acceptors (Lipinski definition) is 4. The summed E-state index contributed by atoms with van der Waals surface area (Å²) in [4.78, 5) is 10.5. The van der Waals surface area contributed by atoms with Crippen molar-refractivity contribution in [3.63, 3.8) is 0 Å². The molecule has 31 heavy (non-hydrogen) atoms. The van der Waals surface area contributed by atoms with Crippen molar-refractivity contribution in [1.29, 1.82) is 0 Å². The van der Waals surface area contributed by atoms with Crippen LogP contribution in [0.3, 0.4) is 0 Å². The first-order valence-electron chi connectivity index (χ1n) is 13.2. The predicted molar refractivity (Wildman–Crippen MR) is 128 cm³/mol. The lowest BCUT2D eigenvalue weighted by atomic mass is 10.00. The molecule has 0 radical (unpaired) electrons. The van der Waals surface area contributed by atoms with Crippen LogP contribution in [0.1, 0.15) is 142 Å². The van der Waals surface area contributed by atoms with E-state index in [1.54, 1.807) is 0 Å². The van der Waals surface area contributed by atoms with Gasteiger partial charge in [-0.2, -0.15) is 0 Å². The molecular weight excluding hydrogens is 392 g/mol. The second kappa shape index (κ2) is 22.5. The molecule has 5 nitrogen and oxygen atoms in total. The molecule has 3 atom stereocenters. The Labute approximate surface area is 191 Å². The summed E-state index contributed by atoms with van der Waals surface area (Å²) >= 11 is 0. The third-order valence-electron chi connectivity index (χ3n) is 6.27. The van der Waals surface area contributed by atoms with E-state index < -0.39 is 12.1 Å². The number of hydrogen-bond donors (Lipinski definition) is 4. The monoisotopic (exact) mass is 444 g/mol. The lowest BCUT2D eigenvalue weighted by molar-refractivity contribution is -0.146. The number of unbranched alkanes of at least 4 members (excludes halogenated alkanes) is 13. The fraction of sp³-hybridized carbons (Fsp3) is 0.962. The Kier molecular flexibility index (Phi) is 22.1. The Bertz CT molecular complexity index is 388. The quantitative estimate of drug-likeness (QED) is 0.130. The van der Waals surface area contributed by atoms with Crippen molar-refractivity contribution in [3.8, 4) is 0 Å². The smallest absolute Gasteiger partial charge is 0.332 e. The normalized spacial score (nSPS) is 14.5. The number of carbonyl (C=O) groups is 1. The van der Waals surface area contributed by atoms with Crippen molar-refractivity contribution >= 4 is 5.97 Å². The predicted octanol–water partition coefficient (Wildman–Crippen LogP) is 6.37. The molecule has 0 saturated heterocycles. The Balaban J connectivity index is 3.28. The highest BCUT2D eigenvalue weighted by molar-refractivity contribution is 5.71. The SMILES string of the molecule is CCCCCCC(O)CCCC(O)CCCCCCCCCCCCCC(O)C(=O)O. The second-order valence-electron chi connectivity index (χ2n) is 9.41. The molecule has 0 aromatic rings. The molecule has 0 aromatic carbocycles. The molecule has 0 rings (SSSR count). The lowest BCUT2D eigenvalue weighted by Gasteiger charge is -2.13. The van der Waals surface area contributed by atoms with Crippen LogP contribution >= 0.6 is 0 Å². The van der Waals surface area contributed by atoms with Gasteiger partial charge in [-0.1, -0.05) is 103 Å². The third kappa shape index (κ3) is 22.3. The van der Waals surface area contributed by atoms with Crippen LogP contribution in [-0.4, -0.2) is 44.7 Å².